The van der Waals surface area contributed by atoms with Crippen molar-refractivity contribution in [3.63, 3.8) is 0 Å². The largest absolute Gasteiger partial charge is 0.496 e. The van der Waals surface area contributed by atoms with E-state index in [0.29, 0.717) is 17.5 Å². The van der Waals surface area contributed by atoms with Crippen LogP contribution in [0.4, 0.5) is 0 Å². The van der Waals surface area contributed by atoms with Crippen molar-refractivity contribution in [2.24, 2.45) is 0 Å². The fourth-order valence-corrected chi connectivity index (χ4v) is 2.58. The number of alkyl halides is 2. The molecule has 0 unspecified atom stereocenters. The van der Waals surface area contributed by atoms with Gasteiger partial charge >= 0.3 is 0 Å². The number of hydrogen-bond acceptors (Lipinski definition) is 2. The highest BCUT2D eigenvalue weighted by molar-refractivity contribution is 6.18. The summed E-state index contributed by atoms with van der Waals surface area (Å²) in [5, 5.41) is 0. The zero-order chi connectivity index (χ0) is 14.5. The molecule has 0 radical (unpaired) electrons. The minimum atomic E-state index is 0.366. The third kappa shape index (κ3) is 3.14. The first kappa shape index (κ1) is 15.3. The Balaban J connectivity index is 2.59. The molecular formula is C15H13Cl3O2. The van der Waals surface area contributed by atoms with Gasteiger partial charge in [-0.3, -0.25) is 0 Å². The summed E-state index contributed by atoms with van der Waals surface area (Å²) in [6.07, 6.45) is 0. The summed E-state index contributed by atoms with van der Waals surface area (Å²) < 4.78 is 10.1. The van der Waals surface area contributed by atoms with E-state index < -0.39 is 0 Å². The Labute approximate surface area is 133 Å². The van der Waals surface area contributed by atoms with Crippen LogP contribution < -0.4 is 9.03 Å². The predicted molar refractivity (Wildman–Crippen MR) is 84.0 cm³/mol. The predicted octanol–water partition coefficient (Wildman–Crippen LogP) is 5.37. The van der Waals surface area contributed by atoms with Gasteiger partial charge in [-0.05, 0) is 41.0 Å². The summed E-state index contributed by atoms with van der Waals surface area (Å²) in [6, 6.07) is 11.4. The van der Waals surface area contributed by atoms with E-state index in [0.717, 1.165) is 28.0 Å². The number of rotatable bonds is 5. The van der Waals surface area contributed by atoms with Gasteiger partial charge in [0.1, 0.15) is 23.4 Å². The van der Waals surface area contributed by atoms with Gasteiger partial charge in [0.15, 0.2) is 0 Å². The molecule has 106 valence electrons. The molecule has 20 heavy (non-hydrogen) atoms. The normalized spacial score (nSPS) is 10.4. The quantitative estimate of drug-likeness (QED) is 0.685. The summed E-state index contributed by atoms with van der Waals surface area (Å²) in [7, 11) is 1.62. The van der Waals surface area contributed by atoms with Crippen LogP contribution in [0.25, 0.3) is 11.1 Å². The van der Waals surface area contributed by atoms with Gasteiger partial charge in [-0.25, -0.2) is 0 Å². The number of benzene rings is 2. The summed E-state index contributed by atoms with van der Waals surface area (Å²) in [4.78, 5) is 0. The molecule has 0 N–H and O–H groups in total. The van der Waals surface area contributed by atoms with Crippen molar-refractivity contribution in [3.8, 4) is 22.6 Å². The molecule has 2 aromatic carbocycles. The van der Waals surface area contributed by atoms with E-state index in [2.05, 4.69) is 0 Å². The maximum absolute atomic E-state index is 6.03. The SMILES string of the molecule is COc1cc(CCl)c(-c2cccc(OCl)c2)cc1CCl. The Kier molecular flexibility index (Phi) is 5.41. The number of hydrogen-bond donors (Lipinski definition) is 0. The van der Waals surface area contributed by atoms with Crippen LogP contribution in [0.1, 0.15) is 11.1 Å². The van der Waals surface area contributed by atoms with Crippen molar-refractivity contribution in [3.05, 3.63) is 47.5 Å². The van der Waals surface area contributed by atoms with Crippen molar-refractivity contribution >= 4 is 35.1 Å². The molecule has 0 saturated heterocycles. The van der Waals surface area contributed by atoms with E-state index in [1.165, 1.54) is 0 Å². The third-order valence-corrected chi connectivity index (χ3v) is 3.78. The van der Waals surface area contributed by atoms with Crippen molar-refractivity contribution < 1.29 is 9.03 Å². The minimum Gasteiger partial charge on any atom is -0.496 e. The second-order valence-electron chi connectivity index (χ2n) is 4.19. The van der Waals surface area contributed by atoms with Crippen molar-refractivity contribution in [1.29, 1.82) is 0 Å². The minimum absolute atomic E-state index is 0.366. The number of halogens is 3. The average Bonchev–Trinajstić information content (AvgIpc) is 2.53. The fraction of sp³-hybridized carbons (Fsp3) is 0.200. The molecule has 0 atom stereocenters. The lowest BCUT2D eigenvalue weighted by atomic mass is 9.97. The zero-order valence-electron chi connectivity index (χ0n) is 10.8. The van der Waals surface area contributed by atoms with E-state index in [9.17, 15) is 0 Å². The highest BCUT2D eigenvalue weighted by atomic mass is 35.5. The summed E-state index contributed by atoms with van der Waals surface area (Å²) in [5.74, 6) is 2.06. The Morgan fingerprint density at radius 3 is 2.35 bits per heavy atom. The second kappa shape index (κ2) is 7.07. The Morgan fingerprint density at radius 1 is 1.00 bits per heavy atom. The Hall–Kier alpha value is -1.09. The molecule has 0 fully saturated rings. The average molecular weight is 332 g/mol. The molecule has 5 heteroatoms. The lowest BCUT2D eigenvalue weighted by molar-refractivity contribution is 0.411. The van der Waals surface area contributed by atoms with Crippen LogP contribution in [0.15, 0.2) is 36.4 Å². The maximum atomic E-state index is 6.03. The maximum Gasteiger partial charge on any atom is 0.146 e. The molecule has 0 aliphatic heterocycles. The standard InChI is InChI=1S/C15H13Cl3O2/c1-19-15-7-11(8-16)14(6-12(15)9-17)10-3-2-4-13(5-10)20-18/h2-7H,8-9H2,1H3. The Morgan fingerprint density at radius 2 is 1.75 bits per heavy atom. The highest BCUT2D eigenvalue weighted by Gasteiger charge is 2.12. The molecule has 2 aromatic rings. The summed E-state index contributed by atoms with van der Waals surface area (Å²) in [6.45, 7) is 0. The molecule has 0 spiro atoms. The Bertz CT molecular complexity index is 600. The van der Waals surface area contributed by atoms with Gasteiger partial charge in [0.2, 0.25) is 0 Å². The lowest BCUT2D eigenvalue weighted by Crippen LogP contribution is -1.95. The van der Waals surface area contributed by atoms with Crippen molar-refractivity contribution in [2.75, 3.05) is 7.11 Å². The van der Waals surface area contributed by atoms with Gasteiger partial charge in [0, 0.05) is 11.4 Å². The second-order valence-corrected chi connectivity index (χ2v) is 4.88. The molecule has 0 aromatic heterocycles. The van der Waals surface area contributed by atoms with Crippen molar-refractivity contribution in [2.45, 2.75) is 11.8 Å². The van der Waals surface area contributed by atoms with Crippen LogP contribution >= 0.6 is 35.1 Å². The van der Waals surface area contributed by atoms with Crippen LogP contribution in [0.5, 0.6) is 11.5 Å². The summed E-state index contributed by atoms with van der Waals surface area (Å²) in [5.41, 5.74) is 3.83. The van der Waals surface area contributed by atoms with E-state index in [-0.39, 0.29) is 0 Å². The first-order valence-corrected chi connectivity index (χ1v) is 7.32. The molecule has 0 amide bonds. The van der Waals surface area contributed by atoms with Gasteiger partial charge in [-0.15, -0.1) is 23.2 Å². The fourth-order valence-electron chi connectivity index (χ4n) is 2.05. The smallest absolute Gasteiger partial charge is 0.146 e. The molecule has 0 heterocycles. The van der Waals surface area contributed by atoms with Crippen LogP contribution in [-0.4, -0.2) is 7.11 Å². The molecule has 0 saturated carbocycles. The topological polar surface area (TPSA) is 18.5 Å². The van der Waals surface area contributed by atoms with Gasteiger partial charge in [-0.2, -0.15) is 0 Å². The molecule has 0 aliphatic rings. The van der Waals surface area contributed by atoms with Crippen LogP contribution in [0.3, 0.4) is 0 Å². The van der Waals surface area contributed by atoms with Crippen LogP contribution in [-0.2, 0) is 11.8 Å². The zero-order valence-corrected chi connectivity index (χ0v) is 13.1. The van der Waals surface area contributed by atoms with Gasteiger partial charge in [0.05, 0.1) is 13.0 Å². The molecular weight excluding hydrogens is 319 g/mol. The van der Waals surface area contributed by atoms with Gasteiger partial charge in [-0.1, -0.05) is 12.1 Å². The van der Waals surface area contributed by atoms with E-state index in [4.69, 9.17) is 44.1 Å². The monoisotopic (exact) mass is 330 g/mol. The molecule has 2 rings (SSSR count). The van der Waals surface area contributed by atoms with E-state index >= 15 is 0 Å². The summed E-state index contributed by atoms with van der Waals surface area (Å²) >= 11 is 17.4. The van der Waals surface area contributed by atoms with Crippen molar-refractivity contribution in [1.82, 2.24) is 0 Å². The van der Waals surface area contributed by atoms with Gasteiger partial charge in [0.25, 0.3) is 0 Å². The first-order valence-electron chi connectivity index (χ1n) is 5.94. The highest BCUT2D eigenvalue weighted by Crippen LogP contribution is 2.34. The van der Waals surface area contributed by atoms with E-state index in [1.54, 1.807) is 13.2 Å². The third-order valence-electron chi connectivity index (χ3n) is 3.03. The van der Waals surface area contributed by atoms with Crippen LogP contribution in [0.2, 0.25) is 0 Å². The lowest BCUT2D eigenvalue weighted by Gasteiger charge is -2.14. The number of methoxy groups -OCH3 is 1. The molecule has 0 bridgehead atoms. The molecule has 2 nitrogen and oxygen atoms in total. The van der Waals surface area contributed by atoms with Crippen LogP contribution in [0, 0.1) is 0 Å². The first-order chi connectivity index (χ1) is 9.73. The van der Waals surface area contributed by atoms with E-state index in [1.807, 2.05) is 30.3 Å². The van der Waals surface area contributed by atoms with Gasteiger partial charge < -0.3 is 9.03 Å². The molecule has 0 aliphatic carbocycles. The number of ether oxygens (including phenoxy) is 1.